The van der Waals surface area contributed by atoms with Crippen molar-refractivity contribution in [2.24, 2.45) is 11.8 Å². The molecule has 0 heterocycles. The van der Waals surface area contributed by atoms with Crippen LogP contribution in [0.1, 0.15) is 50.7 Å². The molecule has 0 bridgehead atoms. The first-order chi connectivity index (χ1) is 10.7. The number of nitrogens with one attached hydrogen (secondary N) is 1. The highest BCUT2D eigenvalue weighted by atomic mass is 32.2. The summed E-state index contributed by atoms with van der Waals surface area (Å²) in [5.41, 5.74) is 1.46. The third-order valence-corrected chi connectivity index (χ3v) is 5.88. The maximum atomic E-state index is 12.2. The molecule has 1 aliphatic rings. The highest BCUT2D eigenvalue weighted by Gasteiger charge is 2.45. The van der Waals surface area contributed by atoms with Gasteiger partial charge in [-0.2, -0.15) is 5.26 Å². The van der Waals surface area contributed by atoms with Crippen molar-refractivity contribution in [2.45, 2.75) is 44.8 Å². The average molecular weight is 334 g/mol. The number of sulfonamides is 1. The Hall–Kier alpha value is -1.87. The normalized spacial score (nSPS) is 21.5. The summed E-state index contributed by atoms with van der Waals surface area (Å²) in [6.07, 6.45) is 1.13. The molecule has 5 nitrogen and oxygen atoms in total. The number of hydrogen-bond donors (Lipinski definition) is 1. The Bertz CT molecular complexity index is 734. The number of carbonyl (C=O) groups excluding carboxylic acids is 1. The fourth-order valence-corrected chi connectivity index (χ4v) is 4.07. The van der Waals surface area contributed by atoms with Crippen LogP contribution in [0.15, 0.2) is 24.3 Å². The second kappa shape index (κ2) is 6.71. The van der Waals surface area contributed by atoms with Crippen LogP contribution in [0.3, 0.4) is 0 Å². The Morgan fingerprint density at radius 1 is 1.39 bits per heavy atom. The monoisotopic (exact) mass is 334 g/mol. The lowest BCUT2D eigenvalue weighted by molar-refractivity contribution is -0.120. The van der Waals surface area contributed by atoms with Crippen LogP contribution in [0, 0.1) is 23.2 Å². The van der Waals surface area contributed by atoms with Crippen LogP contribution in [0.4, 0.5) is 0 Å². The van der Waals surface area contributed by atoms with E-state index in [9.17, 15) is 13.2 Å². The van der Waals surface area contributed by atoms with Gasteiger partial charge < -0.3 is 0 Å². The number of benzene rings is 1. The van der Waals surface area contributed by atoms with E-state index in [4.69, 9.17) is 5.26 Å². The van der Waals surface area contributed by atoms with Gasteiger partial charge in [0.2, 0.25) is 15.9 Å². The Morgan fingerprint density at radius 2 is 2.09 bits per heavy atom. The summed E-state index contributed by atoms with van der Waals surface area (Å²) in [6.45, 7) is 5.52. The second-order valence-corrected chi connectivity index (χ2v) is 8.74. The molecule has 0 saturated heterocycles. The smallest absolute Gasteiger partial charge is 0.237 e. The Kier molecular flexibility index (Phi) is 5.10. The summed E-state index contributed by atoms with van der Waals surface area (Å²) in [5, 5.41) is 8.32. The average Bonchev–Trinajstić information content (AvgIpc) is 3.26. The second-order valence-electron chi connectivity index (χ2n) is 6.64. The fourth-order valence-electron chi connectivity index (χ4n) is 2.80. The van der Waals surface area contributed by atoms with Crippen molar-refractivity contribution in [2.75, 3.05) is 0 Å². The molecule has 1 aliphatic carbocycles. The van der Waals surface area contributed by atoms with E-state index >= 15 is 0 Å². The van der Waals surface area contributed by atoms with E-state index in [-0.39, 0.29) is 17.8 Å². The van der Waals surface area contributed by atoms with E-state index in [1.807, 2.05) is 19.9 Å². The number of rotatable bonds is 6. The molecule has 1 aromatic rings. The molecule has 3 atom stereocenters. The highest BCUT2D eigenvalue weighted by molar-refractivity contribution is 7.90. The minimum absolute atomic E-state index is 0.00101. The first-order valence-corrected chi connectivity index (χ1v) is 9.34. The van der Waals surface area contributed by atoms with E-state index in [0.29, 0.717) is 18.4 Å². The van der Waals surface area contributed by atoms with Crippen molar-refractivity contribution in [1.82, 2.24) is 4.72 Å². The molecule has 1 fully saturated rings. The summed E-state index contributed by atoms with van der Waals surface area (Å²) in [6, 6.07) is 9.18. The summed E-state index contributed by atoms with van der Waals surface area (Å²) < 4.78 is 26.6. The first-order valence-electron chi connectivity index (χ1n) is 7.80. The van der Waals surface area contributed by atoms with E-state index in [1.54, 1.807) is 25.1 Å². The predicted molar refractivity (Wildman–Crippen MR) is 88.0 cm³/mol. The molecular weight excluding hydrogens is 312 g/mol. The highest BCUT2D eigenvalue weighted by Crippen LogP contribution is 2.47. The van der Waals surface area contributed by atoms with Gasteiger partial charge >= 0.3 is 0 Å². The molecule has 23 heavy (non-hydrogen) atoms. The van der Waals surface area contributed by atoms with Gasteiger partial charge in [-0.3, -0.25) is 9.52 Å². The van der Waals surface area contributed by atoms with Gasteiger partial charge in [-0.1, -0.05) is 26.0 Å². The molecular formula is C17H22N2O3S. The fraction of sp³-hybridized carbons (Fsp3) is 0.529. The molecule has 6 heteroatoms. The zero-order chi connectivity index (χ0) is 17.2. The van der Waals surface area contributed by atoms with Gasteiger partial charge in [0.25, 0.3) is 0 Å². The molecule has 0 radical (unpaired) electrons. The van der Waals surface area contributed by atoms with E-state index in [2.05, 4.69) is 10.8 Å². The van der Waals surface area contributed by atoms with Crippen LogP contribution in [-0.2, 0) is 14.8 Å². The molecule has 0 aliphatic heterocycles. The number of carbonyl (C=O) groups is 1. The number of nitriles is 1. The Morgan fingerprint density at radius 3 is 2.70 bits per heavy atom. The topological polar surface area (TPSA) is 87.0 Å². The third kappa shape index (κ3) is 4.32. The lowest BCUT2D eigenvalue weighted by Crippen LogP contribution is -2.38. The molecule has 1 amide bonds. The van der Waals surface area contributed by atoms with Crippen molar-refractivity contribution < 1.29 is 13.2 Å². The number of amides is 1. The maximum absolute atomic E-state index is 12.2. The summed E-state index contributed by atoms with van der Waals surface area (Å²) in [7, 11) is -3.63. The largest absolute Gasteiger partial charge is 0.274 e. The van der Waals surface area contributed by atoms with E-state index in [0.717, 1.165) is 5.56 Å². The van der Waals surface area contributed by atoms with Crippen molar-refractivity contribution >= 4 is 15.9 Å². The van der Waals surface area contributed by atoms with Crippen LogP contribution >= 0.6 is 0 Å². The molecule has 0 spiro atoms. The lowest BCUT2D eigenvalue weighted by atomic mass is 10.1. The molecule has 0 aromatic heterocycles. The summed E-state index contributed by atoms with van der Waals surface area (Å²) in [5.74, 6) is -0.518. The van der Waals surface area contributed by atoms with Gasteiger partial charge in [0, 0.05) is 5.92 Å². The van der Waals surface area contributed by atoms with Gasteiger partial charge in [0.1, 0.15) is 0 Å². The zero-order valence-corrected chi connectivity index (χ0v) is 14.4. The first kappa shape index (κ1) is 17.5. The number of nitrogens with zero attached hydrogens (tertiary/aromatic N) is 1. The van der Waals surface area contributed by atoms with Crippen molar-refractivity contribution in [3.05, 3.63) is 35.4 Å². The molecule has 2 rings (SSSR count). The van der Waals surface area contributed by atoms with Crippen molar-refractivity contribution in [3.63, 3.8) is 0 Å². The van der Waals surface area contributed by atoms with Gasteiger partial charge in [-0.25, -0.2) is 8.42 Å². The molecule has 0 unspecified atom stereocenters. The Labute approximate surface area is 137 Å². The minimum atomic E-state index is -3.63. The van der Waals surface area contributed by atoms with Crippen molar-refractivity contribution in [3.8, 4) is 6.07 Å². The van der Waals surface area contributed by atoms with Gasteiger partial charge in [-0.15, -0.1) is 0 Å². The quantitative estimate of drug-likeness (QED) is 0.866. The molecule has 1 N–H and O–H groups in total. The van der Waals surface area contributed by atoms with Crippen LogP contribution in [-0.4, -0.2) is 19.6 Å². The Balaban J connectivity index is 1.99. The standard InChI is InChI=1S/C17H22N2O3S/c1-11(2)7-12(3)23(21,22)19-17(20)16-9-15(16)14-6-4-5-13(8-14)10-18/h4-6,8,11-12,15-16H,7,9H2,1-3H3,(H,19,20)/t12-,15-,16-/m0/s1. The van der Waals surface area contributed by atoms with E-state index < -0.39 is 21.2 Å². The van der Waals surface area contributed by atoms with Gasteiger partial charge in [0.15, 0.2) is 0 Å². The molecule has 1 aromatic carbocycles. The molecule has 1 saturated carbocycles. The lowest BCUT2D eigenvalue weighted by Gasteiger charge is -2.15. The maximum Gasteiger partial charge on any atom is 0.237 e. The summed E-state index contributed by atoms with van der Waals surface area (Å²) >= 11 is 0. The van der Waals surface area contributed by atoms with E-state index in [1.165, 1.54) is 0 Å². The van der Waals surface area contributed by atoms with Crippen LogP contribution < -0.4 is 4.72 Å². The van der Waals surface area contributed by atoms with Crippen LogP contribution in [0.5, 0.6) is 0 Å². The third-order valence-electron chi connectivity index (χ3n) is 4.15. The van der Waals surface area contributed by atoms with Gasteiger partial charge in [-0.05, 0) is 49.3 Å². The van der Waals surface area contributed by atoms with Crippen LogP contribution in [0.2, 0.25) is 0 Å². The zero-order valence-electron chi connectivity index (χ0n) is 13.6. The molecule has 124 valence electrons. The van der Waals surface area contributed by atoms with Crippen molar-refractivity contribution in [1.29, 1.82) is 5.26 Å². The number of hydrogen-bond acceptors (Lipinski definition) is 4. The predicted octanol–water partition coefficient (Wildman–Crippen LogP) is 2.54. The minimum Gasteiger partial charge on any atom is -0.274 e. The SMILES string of the molecule is CC(C)C[C@H](C)S(=O)(=O)NC(=O)[C@H]1C[C@H]1c1cccc(C#N)c1. The van der Waals surface area contributed by atoms with Gasteiger partial charge in [0.05, 0.1) is 16.9 Å². The summed E-state index contributed by atoms with van der Waals surface area (Å²) in [4.78, 5) is 12.2. The van der Waals surface area contributed by atoms with Crippen LogP contribution in [0.25, 0.3) is 0 Å².